The lowest BCUT2D eigenvalue weighted by Gasteiger charge is -2.40. The first-order valence-electron chi connectivity index (χ1n) is 14.0. The van der Waals surface area contributed by atoms with Crippen molar-refractivity contribution in [2.75, 3.05) is 39.9 Å². The van der Waals surface area contributed by atoms with Gasteiger partial charge in [0.2, 0.25) is 12.0 Å². The summed E-state index contributed by atoms with van der Waals surface area (Å²) >= 11 is 6.61. The fraction of sp³-hybridized carbons (Fsp3) is 0.235. The van der Waals surface area contributed by atoms with E-state index in [0.717, 1.165) is 5.56 Å². The van der Waals surface area contributed by atoms with Crippen molar-refractivity contribution in [3.63, 3.8) is 0 Å². The van der Waals surface area contributed by atoms with Gasteiger partial charge in [-0.05, 0) is 41.5 Å². The first-order chi connectivity index (χ1) is 21.7. The van der Waals surface area contributed by atoms with Gasteiger partial charge in [-0.1, -0.05) is 41.9 Å². The topological polar surface area (TPSA) is 116 Å². The lowest BCUT2D eigenvalue weighted by molar-refractivity contribution is -0.149. The van der Waals surface area contributed by atoms with Crippen LogP contribution >= 0.6 is 11.6 Å². The van der Waals surface area contributed by atoms with Crippen molar-refractivity contribution < 1.29 is 38.4 Å². The molecule has 1 aliphatic rings. The molecule has 234 valence electrons. The normalized spacial score (nSPS) is 16.6. The molecule has 4 aromatic rings. The lowest BCUT2D eigenvalue weighted by atomic mass is 9.77. The number of carboxylic acids is 1. The van der Waals surface area contributed by atoms with E-state index in [0.29, 0.717) is 44.8 Å². The summed E-state index contributed by atoms with van der Waals surface area (Å²) in [7, 11) is 6.08. The Balaban J connectivity index is 1.73. The van der Waals surface area contributed by atoms with Crippen molar-refractivity contribution in [2.45, 2.75) is 18.2 Å². The number of carboxylic acid groups (broad SMARTS) is 1. The van der Waals surface area contributed by atoms with Gasteiger partial charge in [0.15, 0.2) is 0 Å². The molecule has 0 saturated heterocycles. The van der Waals surface area contributed by atoms with Crippen LogP contribution in [0.2, 0.25) is 5.02 Å². The molecule has 45 heavy (non-hydrogen) atoms. The Labute approximate surface area is 266 Å². The second-order valence-electron chi connectivity index (χ2n) is 10.3. The fourth-order valence-electron chi connectivity index (χ4n) is 5.57. The highest BCUT2D eigenvalue weighted by Crippen LogP contribution is 2.44. The van der Waals surface area contributed by atoms with E-state index in [1.807, 2.05) is 18.2 Å². The van der Waals surface area contributed by atoms with Crippen LogP contribution in [0.4, 0.5) is 5.69 Å². The predicted molar refractivity (Wildman–Crippen MR) is 169 cm³/mol. The summed E-state index contributed by atoms with van der Waals surface area (Å²) in [6.07, 6.45) is -1.60. The van der Waals surface area contributed by atoms with E-state index < -0.39 is 17.6 Å². The molecular formula is C34H33ClN2O8. The number of nitrogens with one attached hydrogen (secondary N) is 1. The van der Waals surface area contributed by atoms with Crippen LogP contribution in [0.3, 0.4) is 0 Å². The summed E-state index contributed by atoms with van der Waals surface area (Å²) < 4.78 is 28.0. The second-order valence-corrected chi connectivity index (χ2v) is 10.7. The van der Waals surface area contributed by atoms with Gasteiger partial charge in [0.05, 0.1) is 41.5 Å². The Hall–Kier alpha value is -4.93. The van der Waals surface area contributed by atoms with E-state index in [1.165, 1.54) is 14.2 Å². The largest absolute Gasteiger partial charge is 0.497 e. The number of methoxy groups -OCH3 is 4. The van der Waals surface area contributed by atoms with Gasteiger partial charge >= 0.3 is 5.97 Å². The smallest absolute Gasteiger partial charge is 0.347 e. The van der Waals surface area contributed by atoms with Gasteiger partial charge in [-0.2, -0.15) is 0 Å². The number of nitrogens with zero attached hydrogens (tertiary/aromatic N) is 1. The van der Waals surface area contributed by atoms with Crippen LogP contribution in [-0.2, 0) is 21.7 Å². The van der Waals surface area contributed by atoms with E-state index in [-0.39, 0.29) is 24.7 Å². The minimum absolute atomic E-state index is 0.138. The average Bonchev–Trinajstić information content (AvgIpc) is 3.17. The molecule has 11 heteroatoms. The number of rotatable bonds is 11. The van der Waals surface area contributed by atoms with Gasteiger partial charge in [0.1, 0.15) is 34.3 Å². The number of aliphatic carboxylic acids is 1. The molecular weight excluding hydrogens is 600 g/mol. The van der Waals surface area contributed by atoms with E-state index in [4.69, 9.17) is 35.3 Å². The number of hydrogen-bond donors (Lipinski definition) is 2. The van der Waals surface area contributed by atoms with Crippen molar-refractivity contribution in [1.82, 2.24) is 5.32 Å². The number of fused-ring (bicyclic) bond motifs is 1. The number of amides is 1. The highest BCUT2D eigenvalue weighted by atomic mass is 35.5. The molecule has 2 atom stereocenters. The molecule has 0 aliphatic carbocycles. The summed E-state index contributed by atoms with van der Waals surface area (Å²) in [5.41, 5.74) is 0.582. The van der Waals surface area contributed by atoms with Crippen LogP contribution in [0, 0.1) is 0 Å². The highest BCUT2D eigenvalue weighted by molar-refractivity contribution is 6.30. The molecule has 0 radical (unpaired) electrons. The lowest BCUT2D eigenvalue weighted by Crippen LogP contribution is -2.58. The Morgan fingerprint density at radius 2 is 1.40 bits per heavy atom. The first kappa shape index (κ1) is 31.5. The number of anilines is 1. The van der Waals surface area contributed by atoms with E-state index in [1.54, 1.807) is 85.8 Å². The third-order valence-electron chi connectivity index (χ3n) is 7.67. The van der Waals surface area contributed by atoms with E-state index in [9.17, 15) is 14.7 Å². The van der Waals surface area contributed by atoms with Crippen LogP contribution in [0.5, 0.6) is 28.7 Å². The van der Waals surface area contributed by atoms with Crippen molar-refractivity contribution in [1.29, 1.82) is 0 Å². The summed E-state index contributed by atoms with van der Waals surface area (Å²) in [4.78, 5) is 28.9. The van der Waals surface area contributed by atoms with Gasteiger partial charge < -0.3 is 33.7 Å². The van der Waals surface area contributed by atoms with Crippen LogP contribution in [0.1, 0.15) is 16.7 Å². The Morgan fingerprint density at radius 1 is 0.844 bits per heavy atom. The van der Waals surface area contributed by atoms with Crippen molar-refractivity contribution in [3.05, 3.63) is 107 Å². The maximum Gasteiger partial charge on any atom is 0.347 e. The number of ether oxygens (including phenoxy) is 5. The molecule has 2 N–H and O–H groups in total. The Morgan fingerprint density at radius 3 is 1.96 bits per heavy atom. The van der Waals surface area contributed by atoms with Gasteiger partial charge in [-0.15, -0.1) is 0 Å². The third kappa shape index (κ3) is 6.33. The number of halogens is 1. The van der Waals surface area contributed by atoms with E-state index in [2.05, 4.69) is 5.32 Å². The molecule has 0 aromatic heterocycles. The minimum atomic E-state index is -1.60. The van der Waals surface area contributed by atoms with Gasteiger partial charge in [-0.3, -0.25) is 10.1 Å². The summed E-state index contributed by atoms with van der Waals surface area (Å²) in [6, 6.07) is 24.2. The fourth-order valence-corrected chi connectivity index (χ4v) is 5.74. The van der Waals surface area contributed by atoms with Crippen LogP contribution in [-0.4, -0.2) is 58.1 Å². The predicted octanol–water partition coefficient (Wildman–Crippen LogP) is 5.29. The summed E-state index contributed by atoms with van der Waals surface area (Å²) in [6.45, 7) is -0.0872. The monoisotopic (exact) mass is 632 g/mol. The standard InChI is InChI=1S/C34H33ClN2O8/c1-41-24-12-21(13-25(15-24)42-2)20-37-30-11-10-23(35)14-29(30)34(36-19-31(37)38,22-8-6-5-7-9-22)32(33(39)40)45-28-17-26(43-3)16-27(18-28)44-4/h5-18,32,36H,19-20H2,1-4H3,(H,39,40)/t32-,34+/m1/s1. The maximum absolute atomic E-state index is 14.0. The zero-order valence-electron chi connectivity index (χ0n) is 25.2. The molecule has 1 aliphatic heterocycles. The molecule has 0 fully saturated rings. The van der Waals surface area contributed by atoms with Gasteiger partial charge in [0, 0.05) is 40.5 Å². The van der Waals surface area contributed by atoms with E-state index >= 15 is 0 Å². The quantitative estimate of drug-likeness (QED) is 0.228. The average molecular weight is 633 g/mol. The molecule has 0 unspecified atom stereocenters. The Kier molecular flexibility index (Phi) is 9.36. The zero-order valence-corrected chi connectivity index (χ0v) is 26.0. The molecule has 4 aromatic carbocycles. The first-order valence-corrected chi connectivity index (χ1v) is 14.4. The molecule has 0 bridgehead atoms. The summed E-state index contributed by atoms with van der Waals surface area (Å²) in [5.74, 6) is 0.558. The molecule has 1 amide bonds. The van der Waals surface area contributed by atoms with Crippen molar-refractivity contribution in [3.8, 4) is 28.7 Å². The highest BCUT2D eigenvalue weighted by Gasteiger charge is 2.52. The maximum atomic E-state index is 14.0. The minimum Gasteiger partial charge on any atom is -0.497 e. The van der Waals surface area contributed by atoms with Gasteiger partial charge in [0.25, 0.3) is 0 Å². The number of benzene rings is 4. The van der Waals surface area contributed by atoms with Crippen molar-refractivity contribution in [2.24, 2.45) is 0 Å². The number of carbonyl (C=O) groups is 2. The van der Waals surface area contributed by atoms with Crippen LogP contribution in [0.15, 0.2) is 84.9 Å². The Bertz CT molecular complexity index is 1650. The molecule has 5 rings (SSSR count). The zero-order chi connectivity index (χ0) is 32.1. The molecule has 1 heterocycles. The third-order valence-corrected chi connectivity index (χ3v) is 7.91. The SMILES string of the molecule is COc1cc(CN2C(=O)CN[C@](c3ccccc3)([C@H](Oc3cc(OC)cc(OC)c3)C(=O)O)c3cc(Cl)ccc32)cc(OC)c1. The molecule has 10 nitrogen and oxygen atoms in total. The van der Waals surface area contributed by atoms with Crippen LogP contribution in [0.25, 0.3) is 0 Å². The van der Waals surface area contributed by atoms with Crippen molar-refractivity contribution >= 4 is 29.2 Å². The number of carbonyl (C=O) groups excluding carboxylic acids is 1. The van der Waals surface area contributed by atoms with Crippen LogP contribution < -0.4 is 33.9 Å². The molecule has 0 saturated carbocycles. The van der Waals surface area contributed by atoms with Gasteiger partial charge in [-0.25, -0.2) is 4.79 Å². The molecule has 0 spiro atoms. The number of hydrogen-bond acceptors (Lipinski definition) is 8. The summed E-state index contributed by atoms with van der Waals surface area (Å²) in [5, 5.41) is 14.5. The second kappa shape index (κ2) is 13.4.